The number of amides is 1. The number of nitrogens with one attached hydrogen (secondary N) is 1. The number of hydrogen-bond donors (Lipinski definition) is 1. The third-order valence-corrected chi connectivity index (χ3v) is 6.73. The third-order valence-electron chi connectivity index (χ3n) is 6.73. The average Bonchev–Trinajstić information content (AvgIpc) is 2.84. The number of rotatable bonds is 9. The maximum atomic E-state index is 12.5. The fraction of sp³-hybridized carbons (Fsp3) is 0.387. The first kappa shape index (κ1) is 25.0. The first-order chi connectivity index (χ1) is 16.9. The summed E-state index contributed by atoms with van der Waals surface area (Å²) in [7, 11) is 0. The number of benzene rings is 3. The van der Waals surface area contributed by atoms with Gasteiger partial charge in [-0.2, -0.15) is 0 Å². The normalized spacial score (nSPS) is 16.5. The van der Waals surface area contributed by atoms with E-state index in [1.165, 1.54) is 27.8 Å². The molecule has 4 heteroatoms. The summed E-state index contributed by atoms with van der Waals surface area (Å²) in [6.45, 7) is 10.8. The number of carbonyl (C=O) groups is 1. The molecule has 0 unspecified atom stereocenters. The molecule has 0 radical (unpaired) electrons. The monoisotopic (exact) mass is 470 g/mol. The van der Waals surface area contributed by atoms with Crippen LogP contribution in [-0.4, -0.2) is 30.0 Å². The van der Waals surface area contributed by atoms with Gasteiger partial charge >= 0.3 is 0 Å². The predicted octanol–water partition coefficient (Wildman–Crippen LogP) is 6.07. The molecule has 2 atom stereocenters. The quantitative estimate of drug-likeness (QED) is 0.413. The molecule has 35 heavy (non-hydrogen) atoms. The summed E-state index contributed by atoms with van der Waals surface area (Å²) in [5, 5.41) is 3.00. The maximum Gasteiger partial charge on any atom is 0.260 e. The Labute approximate surface area is 210 Å². The first-order valence-electron chi connectivity index (χ1n) is 12.8. The third kappa shape index (κ3) is 6.52. The van der Waals surface area contributed by atoms with Crippen molar-refractivity contribution < 1.29 is 9.53 Å². The Kier molecular flexibility index (Phi) is 8.25. The van der Waals surface area contributed by atoms with Gasteiger partial charge in [-0.15, -0.1) is 0 Å². The van der Waals surface area contributed by atoms with Crippen molar-refractivity contribution >= 4 is 5.91 Å². The predicted molar refractivity (Wildman–Crippen MR) is 143 cm³/mol. The molecule has 0 saturated heterocycles. The summed E-state index contributed by atoms with van der Waals surface area (Å²) in [5.74, 6) is 1.24. The minimum atomic E-state index is -0.539. The van der Waals surface area contributed by atoms with Gasteiger partial charge in [-0.1, -0.05) is 80.1 Å². The van der Waals surface area contributed by atoms with Gasteiger partial charge in [0.2, 0.25) is 0 Å². The largest absolute Gasteiger partial charge is 0.481 e. The molecule has 3 aromatic rings. The summed E-state index contributed by atoms with van der Waals surface area (Å²) < 4.78 is 6.12. The van der Waals surface area contributed by atoms with Crippen LogP contribution in [0.3, 0.4) is 0 Å². The number of aryl methyl sites for hydroxylation is 1. The van der Waals surface area contributed by atoms with E-state index in [-0.39, 0.29) is 11.9 Å². The maximum absolute atomic E-state index is 12.5. The molecule has 1 heterocycles. The van der Waals surface area contributed by atoms with Gasteiger partial charge in [-0.3, -0.25) is 9.69 Å². The lowest BCUT2D eigenvalue weighted by Gasteiger charge is -2.38. The van der Waals surface area contributed by atoms with E-state index in [0.29, 0.717) is 12.5 Å². The van der Waals surface area contributed by atoms with Crippen LogP contribution < -0.4 is 10.1 Å². The molecule has 1 aliphatic heterocycles. The van der Waals surface area contributed by atoms with Crippen molar-refractivity contribution in [3.8, 4) is 5.75 Å². The number of nitrogens with zero attached hydrogens (tertiary/aromatic N) is 1. The fourth-order valence-corrected chi connectivity index (χ4v) is 4.84. The molecule has 4 rings (SSSR count). The van der Waals surface area contributed by atoms with Crippen molar-refractivity contribution in [2.75, 3.05) is 13.1 Å². The lowest BCUT2D eigenvalue weighted by molar-refractivity contribution is -0.127. The van der Waals surface area contributed by atoms with E-state index in [0.717, 1.165) is 31.7 Å². The van der Waals surface area contributed by atoms with E-state index in [1.807, 2.05) is 13.0 Å². The fourth-order valence-electron chi connectivity index (χ4n) is 4.84. The van der Waals surface area contributed by atoms with E-state index in [1.54, 1.807) is 0 Å². The van der Waals surface area contributed by atoms with Gasteiger partial charge in [0.1, 0.15) is 5.75 Å². The highest BCUT2D eigenvalue weighted by Crippen LogP contribution is 2.38. The molecule has 0 aromatic heterocycles. The molecule has 0 fully saturated rings. The molecular formula is C31H38N2O2. The highest BCUT2D eigenvalue weighted by molar-refractivity contribution is 5.80. The van der Waals surface area contributed by atoms with Crippen molar-refractivity contribution in [3.63, 3.8) is 0 Å². The Bertz CT molecular complexity index is 1130. The van der Waals surface area contributed by atoms with Crippen LogP contribution in [0.4, 0.5) is 0 Å². The van der Waals surface area contributed by atoms with Crippen LogP contribution in [0, 0.1) is 12.8 Å². The zero-order chi connectivity index (χ0) is 24.8. The van der Waals surface area contributed by atoms with Crippen molar-refractivity contribution in [1.82, 2.24) is 10.2 Å². The summed E-state index contributed by atoms with van der Waals surface area (Å²) >= 11 is 0. The number of hydrogen-bond acceptors (Lipinski definition) is 3. The van der Waals surface area contributed by atoms with Gasteiger partial charge < -0.3 is 10.1 Å². The molecule has 3 aromatic carbocycles. The van der Waals surface area contributed by atoms with E-state index >= 15 is 0 Å². The van der Waals surface area contributed by atoms with Crippen LogP contribution in [0.15, 0.2) is 72.8 Å². The van der Waals surface area contributed by atoms with E-state index in [4.69, 9.17) is 4.74 Å². The first-order valence-corrected chi connectivity index (χ1v) is 12.8. The summed E-state index contributed by atoms with van der Waals surface area (Å²) in [6, 6.07) is 25.9. The second-order valence-electron chi connectivity index (χ2n) is 10.1. The van der Waals surface area contributed by atoms with E-state index in [2.05, 4.69) is 97.7 Å². The van der Waals surface area contributed by atoms with Crippen molar-refractivity contribution in [2.45, 2.75) is 59.2 Å². The van der Waals surface area contributed by atoms with Crippen LogP contribution in [-0.2, 0) is 17.8 Å². The SMILES string of the molecule is Cc1cccc(CN2CCc3ccc(O[C@H](C)C(=O)NCCC(C)C)cc3[C@@H]2c2ccccc2)c1. The molecular weight excluding hydrogens is 432 g/mol. The molecule has 0 spiro atoms. The Balaban J connectivity index is 1.57. The molecule has 4 nitrogen and oxygen atoms in total. The van der Waals surface area contributed by atoms with Crippen LogP contribution in [0.25, 0.3) is 0 Å². The van der Waals surface area contributed by atoms with Crippen molar-refractivity contribution in [2.24, 2.45) is 5.92 Å². The van der Waals surface area contributed by atoms with Crippen LogP contribution in [0.2, 0.25) is 0 Å². The van der Waals surface area contributed by atoms with Gasteiger partial charge in [0.05, 0.1) is 6.04 Å². The van der Waals surface area contributed by atoms with Gasteiger partial charge in [0.25, 0.3) is 5.91 Å². The topological polar surface area (TPSA) is 41.6 Å². The Hall–Kier alpha value is -3.11. The Morgan fingerprint density at radius 3 is 2.57 bits per heavy atom. The molecule has 1 aliphatic rings. The lowest BCUT2D eigenvalue weighted by atomic mass is 9.87. The zero-order valence-corrected chi connectivity index (χ0v) is 21.5. The van der Waals surface area contributed by atoms with Crippen LogP contribution in [0.1, 0.15) is 61.1 Å². The minimum Gasteiger partial charge on any atom is -0.481 e. The lowest BCUT2D eigenvalue weighted by Crippen LogP contribution is -2.37. The van der Waals surface area contributed by atoms with Crippen LogP contribution in [0.5, 0.6) is 5.75 Å². The van der Waals surface area contributed by atoms with Gasteiger partial charge in [0.15, 0.2) is 6.10 Å². The molecule has 184 valence electrons. The van der Waals surface area contributed by atoms with Gasteiger partial charge in [-0.05, 0) is 67.0 Å². The number of fused-ring (bicyclic) bond motifs is 1. The Morgan fingerprint density at radius 2 is 1.83 bits per heavy atom. The molecule has 0 bridgehead atoms. The van der Waals surface area contributed by atoms with E-state index in [9.17, 15) is 4.79 Å². The average molecular weight is 471 g/mol. The Morgan fingerprint density at radius 1 is 1.03 bits per heavy atom. The second-order valence-corrected chi connectivity index (χ2v) is 10.1. The highest BCUT2D eigenvalue weighted by atomic mass is 16.5. The second kappa shape index (κ2) is 11.5. The number of ether oxygens (including phenoxy) is 1. The van der Waals surface area contributed by atoms with Crippen molar-refractivity contribution in [1.29, 1.82) is 0 Å². The summed E-state index contributed by atoms with van der Waals surface area (Å²) in [5.41, 5.74) is 6.50. The molecule has 1 amide bonds. The van der Waals surface area contributed by atoms with Gasteiger partial charge in [0, 0.05) is 19.6 Å². The molecule has 1 N–H and O–H groups in total. The standard InChI is InChI=1S/C31H38N2O2/c1-22(2)15-17-32-31(34)24(4)35-28-14-13-26-16-18-33(21-25-10-8-9-23(3)19-25)30(29(26)20-28)27-11-6-5-7-12-27/h5-14,19-20,22,24,30H,15-18,21H2,1-4H3,(H,32,34)/t24-,30+/m1/s1. The summed E-state index contributed by atoms with van der Waals surface area (Å²) in [4.78, 5) is 15.1. The van der Waals surface area contributed by atoms with E-state index < -0.39 is 6.10 Å². The zero-order valence-electron chi connectivity index (χ0n) is 21.5. The number of carbonyl (C=O) groups excluding carboxylic acids is 1. The minimum absolute atomic E-state index is 0.0657. The highest BCUT2D eigenvalue weighted by Gasteiger charge is 2.29. The smallest absolute Gasteiger partial charge is 0.260 e. The molecule has 0 aliphatic carbocycles. The van der Waals surface area contributed by atoms with Crippen LogP contribution >= 0.6 is 0 Å². The summed E-state index contributed by atoms with van der Waals surface area (Å²) in [6.07, 6.45) is 1.42. The van der Waals surface area contributed by atoms with Crippen molar-refractivity contribution in [3.05, 3.63) is 101 Å². The van der Waals surface area contributed by atoms with Gasteiger partial charge in [-0.25, -0.2) is 0 Å². The molecule has 0 saturated carbocycles.